The lowest BCUT2D eigenvalue weighted by Crippen LogP contribution is -2.19. The predicted octanol–water partition coefficient (Wildman–Crippen LogP) is 1.55. The van der Waals surface area contributed by atoms with E-state index in [4.69, 9.17) is 10.4 Å². The van der Waals surface area contributed by atoms with Crippen molar-refractivity contribution in [3.05, 3.63) is 23.5 Å². The Balaban J connectivity index is 3.20. The van der Waals surface area contributed by atoms with Gasteiger partial charge < -0.3 is 9.84 Å². The van der Waals surface area contributed by atoms with Gasteiger partial charge in [0.2, 0.25) is 0 Å². The predicted molar refractivity (Wildman–Crippen MR) is 42.6 cm³/mol. The molecule has 0 radical (unpaired) electrons. The van der Waals surface area contributed by atoms with E-state index in [1.807, 2.05) is 0 Å². The lowest BCUT2D eigenvalue weighted by atomic mass is 10.3. The van der Waals surface area contributed by atoms with Crippen LogP contribution in [0.4, 0.5) is 13.2 Å². The lowest BCUT2D eigenvalue weighted by molar-refractivity contribution is -0.274. The summed E-state index contributed by atoms with van der Waals surface area (Å²) in [6.45, 7) is 0. The van der Waals surface area contributed by atoms with Crippen LogP contribution in [0, 0.1) is 11.3 Å². The van der Waals surface area contributed by atoms with Crippen LogP contribution in [0.1, 0.15) is 16.2 Å². The zero-order chi connectivity index (χ0) is 12.3. The highest BCUT2D eigenvalue weighted by molar-refractivity contribution is 5.88. The largest absolute Gasteiger partial charge is 0.573 e. The number of alkyl halides is 3. The second-order valence-electron chi connectivity index (χ2n) is 2.51. The molecule has 0 bridgehead atoms. The molecule has 0 amide bonds. The van der Waals surface area contributed by atoms with Gasteiger partial charge in [0.15, 0.2) is 11.4 Å². The van der Waals surface area contributed by atoms with Crippen molar-refractivity contribution in [2.45, 2.75) is 6.36 Å². The zero-order valence-electron chi connectivity index (χ0n) is 7.45. The molecule has 16 heavy (non-hydrogen) atoms. The smallest absolute Gasteiger partial charge is 0.476 e. The van der Waals surface area contributed by atoms with E-state index < -0.39 is 23.8 Å². The van der Waals surface area contributed by atoms with E-state index in [0.29, 0.717) is 0 Å². The maximum absolute atomic E-state index is 11.9. The van der Waals surface area contributed by atoms with Crippen LogP contribution in [-0.2, 0) is 0 Å². The average Bonchev–Trinajstić information content (AvgIpc) is 2.15. The van der Waals surface area contributed by atoms with Gasteiger partial charge in [0, 0.05) is 0 Å². The number of nitriles is 1. The molecule has 1 N–H and O–H groups in total. The molecule has 0 unspecified atom stereocenters. The number of hydrogen-bond donors (Lipinski definition) is 1. The van der Waals surface area contributed by atoms with Gasteiger partial charge in [0.25, 0.3) is 0 Å². The third kappa shape index (κ3) is 2.84. The Hall–Kier alpha value is -2.30. The first-order valence-electron chi connectivity index (χ1n) is 3.73. The number of ether oxygens (including phenoxy) is 1. The fourth-order valence-electron chi connectivity index (χ4n) is 0.869. The van der Waals surface area contributed by atoms with Crippen LogP contribution in [-0.4, -0.2) is 22.4 Å². The number of carboxylic acid groups (broad SMARTS) is 1. The van der Waals surface area contributed by atoms with E-state index in [9.17, 15) is 18.0 Å². The second kappa shape index (κ2) is 4.06. The Bertz CT molecular complexity index is 465. The summed E-state index contributed by atoms with van der Waals surface area (Å²) in [4.78, 5) is 13.7. The summed E-state index contributed by atoms with van der Waals surface area (Å²) in [5.41, 5.74) is -1.27. The fourth-order valence-corrected chi connectivity index (χ4v) is 0.869. The SMILES string of the molecule is N#Cc1ccc(OC(F)(F)F)c(C(=O)O)n1. The monoisotopic (exact) mass is 232 g/mol. The van der Waals surface area contributed by atoms with Crippen molar-refractivity contribution in [3.63, 3.8) is 0 Å². The first-order chi connectivity index (χ1) is 7.33. The molecule has 0 saturated carbocycles. The van der Waals surface area contributed by atoms with Gasteiger partial charge in [-0.1, -0.05) is 0 Å². The van der Waals surface area contributed by atoms with E-state index in [-0.39, 0.29) is 5.69 Å². The molecule has 84 valence electrons. The van der Waals surface area contributed by atoms with Crippen molar-refractivity contribution in [3.8, 4) is 11.8 Å². The molecule has 0 atom stereocenters. The quantitative estimate of drug-likeness (QED) is 0.836. The number of hydrogen-bond acceptors (Lipinski definition) is 4. The molecular formula is C8H3F3N2O3. The maximum Gasteiger partial charge on any atom is 0.573 e. The van der Waals surface area contributed by atoms with Gasteiger partial charge in [-0.25, -0.2) is 9.78 Å². The molecule has 0 fully saturated rings. The number of carbonyl (C=O) groups is 1. The second-order valence-corrected chi connectivity index (χ2v) is 2.51. The van der Waals surface area contributed by atoms with Crippen molar-refractivity contribution in [2.75, 3.05) is 0 Å². The van der Waals surface area contributed by atoms with Crippen molar-refractivity contribution < 1.29 is 27.8 Å². The van der Waals surface area contributed by atoms with Crippen LogP contribution in [0.2, 0.25) is 0 Å². The number of aromatic carboxylic acids is 1. The highest BCUT2D eigenvalue weighted by Gasteiger charge is 2.33. The Morgan fingerprint density at radius 3 is 2.56 bits per heavy atom. The molecule has 0 aliphatic heterocycles. The summed E-state index contributed by atoms with van der Waals surface area (Å²) in [6.07, 6.45) is -5.01. The molecule has 0 aliphatic carbocycles. The molecule has 8 heteroatoms. The lowest BCUT2D eigenvalue weighted by Gasteiger charge is -2.10. The summed E-state index contributed by atoms with van der Waals surface area (Å²) in [5, 5.41) is 17.0. The van der Waals surface area contributed by atoms with Gasteiger partial charge in [-0.2, -0.15) is 5.26 Å². The highest BCUT2D eigenvalue weighted by atomic mass is 19.4. The Labute approximate surface area is 86.7 Å². The van der Waals surface area contributed by atoms with E-state index in [0.717, 1.165) is 12.1 Å². The third-order valence-corrected chi connectivity index (χ3v) is 1.40. The first kappa shape index (κ1) is 11.8. The summed E-state index contributed by atoms with van der Waals surface area (Å²) in [7, 11) is 0. The zero-order valence-corrected chi connectivity index (χ0v) is 7.45. The highest BCUT2D eigenvalue weighted by Crippen LogP contribution is 2.25. The molecule has 1 aromatic rings. The van der Waals surface area contributed by atoms with Gasteiger partial charge in [-0.15, -0.1) is 13.2 Å². The molecule has 1 rings (SSSR count). The molecular weight excluding hydrogens is 229 g/mol. The van der Waals surface area contributed by atoms with E-state index in [1.165, 1.54) is 6.07 Å². The van der Waals surface area contributed by atoms with Gasteiger partial charge in [0.1, 0.15) is 11.8 Å². The minimum Gasteiger partial charge on any atom is -0.476 e. The molecule has 0 aromatic carbocycles. The number of nitrogens with zero attached hydrogens (tertiary/aromatic N) is 2. The number of pyridine rings is 1. The maximum atomic E-state index is 11.9. The van der Waals surface area contributed by atoms with Gasteiger partial charge in [-0.05, 0) is 12.1 Å². The fraction of sp³-hybridized carbons (Fsp3) is 0.125. The standard InChI is InChI=1S/C8H3F3N2O3/c9-8(10,11)16-5-2-1-4(3-12)13-6(5)7(14)15/h1-2H,(H,14,15). The van der Waals surface area contributed by atoms with Crippen LogP contribution in [0.3, 0.4) is 0 Å². The summed E-state index contributed by atoms with van der Waals surface area (Å²) >= 11 is 0. The Morgan fingerprint density at radius 1 is 1.50 bits per heavy atom. The molecule has 1 aromatic heterocycles. The first-order valence-corrected chi connectivity index (χ1v) is 3.73. The minimum atomic E-state index is -5.01. The minimum absolute atomic E-state index is 0.313. The average molecular weight is 232 g/mol. The van der Waals surface area contributed by atoms with Gasteiger partial charge in [0.05, 0.1) is 0 Å². The van der Waals surface area contributed by atoms with Gasteiger partial charge in [-0.3, -0.25) is 0 Å². The van der Waals surface area contributed by atoms with Crippen molar-refractivity contribution in [1.82, 2.24) is 4.98 Å². The van der Waals surface area contributed by atoms with Gasteiger partial charge >= 0.3 is 12.3 Å². The van der Waals surface area contributed by atoms with E-state index in [1.54, 1.807) is 0 Å². The molecule has 0 spiro atoms. The van der Waals surface area contributed by atoms with Crippen LogP contribution in [0.5, 0.6) is 5.75 Å². The van der Waals surface area contributed by atoms with Crippen LogP contribution < -0.4 is 4.74 Å². The number of carboxylic acids is 1. The van der Waals surface area contributed by atoms with Crippen molar-refractivity contribution in [2.24, 2.45) is 0 Å². The van der Waals surface area contributed by atoms with E-state index >= 15 is 0 Å². The van der Waals surface area contributed by atoms with Crippen molar-refractivity contribution >= 4 is 5.97 Å². The summed E-state index contributed by atoms with van der Waals surface area (Å²) in [5.74, 6) is -2.67. The number of halogens is 3. The topological polar surface area (TPSA) is 83.2 Å². The molecule has 1 heterocycles. The van der Waals surface area contributed by atoms with Crippen LogP contribution in [0.25, 0.3) is 0 Å². The normalized spacial score (nSPS) is 10.6. The molecule has 0 aliphatic rings. The van der Waals surface area contributed by atoms with Crippen molar-refractivity contribution in [1.29, 1.82) is 5.26 Å². The number of aromatic nitrogens is 1. The van der Waals surface area contributed by atoms with Crippen LogP contribution in [0.15, 0.2) is 12.1 Å². The van der Waals surface area contributed by atoms with Crippen LogP contribution >= 0.6 is 0 Å². The summed E-state index contributed by atoms with van der Waals surface area (Å²) in [6, 6.07) is 3.15. The Kier molecular flexibility index (Phi) is 2.99. The Morgan fingerprint density at radius 2 is 2.12 bits per heavy atom. The van der Waals surface area contributed by atoms with E-state index in [2.05, 4.69) is 9.72 Å². The third-order valence-electron chi connectivity index (χ3n) is 1.40. The summed E-state index contributed by atoms with van der Waals surface area (Å²) < 4.78 is 39.0. The molecule has 5 nitrogen and oxygen atoms in total. The molecule has 0 saturated heterocycles. The number of rotatable bonds is 2.